The summed E-state index contributed by atoms with van der Waals surface area (Å²) in [7, 11) is 0. The van der Waals surface area contributed by atoms with Gasteiger partial charge in [-0.05, 0) is 18.3 Å². The van der Waals surface area contributed by atoms with Crippen molar-refractivity contribution < 1.29 is 34.2 Å². The Morgan fingerprint density at radius 1 is 0.903 bits per heavy atom. The number of nitrogens with two attached hydrogens (primary N) is 2. The van der Waals surface area contributed by atoms with Gasteiger partial charge in [0.2, 0.25) is 23.6 Å². The summed E-state index contributed by atoms with van der Waals surface area (Å²) in [5, 5.41) is 25.2. The third-order valence-electron chi connectivity index (χ3n) is 4.92. The number of carboxylic acid groups (broad SMARTS) is 1. The highest BCUT2D eigenvalue weighted by atomic mass is 16.4. The number of amides is 4. The number of nitrogens with one attached hydrogen (secondary N) is 3. The molecule has 0 bridgehead atoms. The Morgan fingerprint density at radius 2 is 1.45 bits per heavy atom. The highest BCUT2D eigenvalue weighted by molar-refractivity contribution is 5.94. The average Bonchev–Trinajstić information content (AvgIpc) is 2.70. The number of hydrogen-bond donors (Lipinski definition) is 7. The molecule has 5 unspecified atom stereocenters. The molecule has 0 saturated heterocycles. The van der Waals surface area contributed by atoms with Crippen molar-refractivity contribution in [3.8, 4) is 0 Å². The fraction of sp³-hybridized carbons (Fsp3) is 0.737. The zero-order chi connectivity index (χ0) is 24.3. The summed E-state index contributed by atoms with van der Waals surface area (Å²) >= 11 is 0. The molecule has 0 spiro atoms. The van der Waals surface area contributed by atoms with E-state index in [0.29, 0.717) is 6.42 Å². The summed E-state index contributed by atoms with van der Waals surface area (Å²) in [6, 6.07) is -4.75. The molecule has 31 heavy (non-hydrogen) atoms. The minimum atomic E-state index is -1.59. The summed E-state index contributed by atoms with van der Waals surface area (Å²) in [5.41, 5.74) is 11.0. The van der Waals surface area contributed by atoms with Crippen LogP contribution in [-0.2, 0) is 24.0 Å². The van der Waals surface area contributed by atoms with Gasteiger partial charge in [-0.15, -0.1) is 0 Å². The number of aliphatic carboxylic acids is 1. The Labute approximate surface area is 181 Å². The predicted octanol–water partition coefficient (Wildman–Crippen LogP) is -2.19. The molecular formula is C19H35N5O7. The van der Waals surface area contributed by atoms with Crippen molar-refractivity contribution in [3.63, 3.8) is 0 Å². The number of hydrogen-bond acceptors (Lipinski definition) is 7. The largest absolute Gasteiger partial charge is 0.480 e. The monoisotopic (exact) mass is 445 g/mol. The summed E-state index contributed by atoms with van der Waals surface area (Å²) in [4.78, 5) is 59.8. The maximum Gasteiger partial charge on any atom is 0.328 e. The van der Waals surface area contributed by atoms with Gasteiger partial charge in [0.15, 0.2) is 0 Å². The van der Waals surface area contributed by atoms with Gasteiger partial charge in [0.1, 0.15) is 18.1 Å². The van der Waals surface area contributed by atoms with E-state index in [2.05, 4.69) is 16.0 Å². The molecule has 12 heteroatoms. The van der Waals surface area contributed by atoms with Crippen molar-refractivity contribution >= 4 is 29.6 Å². The van der Waals surface area contributed by atoms with Gasteiger partial charge >= 0.3 is 5.97 Å². The summed E-state index contributed by atoms with van der Waals surface area (Å²) in [6.45, 7) is 6.19. The second-order valence-electron chi connectivity index (χ2n) is 7.79. The molecule has 178 valence electrons. The Bertz CT molecular complexity index is 656. The fourth-order valence-corrected chi connectivity index (χ4v) is 2.57. The van der Waals surface area contributed by atoms with Crippen LogP contribution in [-0.4, -0.2) is 70.6 Å². The normalized spacial score (nSPS) is 15.8. The molecule has 9 N–H and O–H groups in total. The number of carbonyl (C=O) groups excluding carboxylic acids is 4. The van der Waals surface area contributed by atoms with Crippen molar-refractivity contribution in [2.45, 2.75) is 71.1 Å². The van der Waals surface area contributed by atoms with E-state index in [1.165, 1.54) is 0 Å². The van der Waals surface area contributed by atoms with Crippen LogP contribution in [0.1, 0.15) is 47.0 Å². The third kappa shape index (κ3) is 9.75. The lowest BCUT2D eigenvalue weighted by atomic mass is 9.97. The van der Waals surface area contributed by atoms with Gasteiger partial charge in [-0.25, -0.2) is 4.79 Å². The second kappa shape index (κ2) is 13.5. The van der Waals surface area contributed by atoms with Gasteiger partial charge in [-0.2, -0.15) is 0 Å². The minimum Gasteiger partial charge on any atom is -0.480 e. The van der Waals surface area contributed by atoms with Gasteiger partial charge in [0.25, 0.3) is 0 Å². The number of aliphatic hydroxyl groups excluding tert-OH is 1. The smallest absolute Gasteiger partial charge is 0.328 e. The molecule has 0 heterocycles. The third-order valence-corrected chi connectivity index (χ3v) is 4.92. The highest BCUT2D eigenvalue weighted by Crippen LogP contribution is 2.09. The molecule has 0 aliphatic carbocycles. The average molecular weight is 446 g/mol. The molecule has 0 rings (SSSR count). The first-order valence-electron chi connectivity index (χ1n) is 10.1. The van der Waals surface area contributed by atoms with E-state index >= 15 is 0 Å². The number of carboxylic acids is 1. The molecule has 5 atom stereocenters. The summed E-state index contributed by atoms with van der Waals surface area (Å²) in [5.74, 6) is -4.82. The number of carbonyl (C=O) groups is 5. The molecule has 12 nitrogen and oxygen atoms in total. The van der Waals surface area contributed by atoms with Gasteiger partial charge < -0.3 is 37.6 Å². The topological polar surface area (TPSA) is 214 Å². The molecule has 0 aliphatic rings. The zero-order valence-electron chi connectivity index (χ0n) is 18.4. The van der Waals surface area contributed by atoms with Crippen LogP contribution in [0, 0.1) is 11.8 Å². The van der Waals surface area contributed by atoms with Crippen LogP contribution in [0.15, 0.2) is 0 Å². The molecule has 0 aliphatic heterocycles. The van der Waals surface area contributed by atoms with E-state index in [9.17, 15) is 24.0 Å². The van der Waals surface area contributed by atoms with Crippen molar-refractivity contribution in [3.05, 3.63) is 0 Å². The van der Waals surface area contributed by atoms with E-state index < -0.39 is 60.4 Å². The van der Waals surface area contributed by atoms with Crippen LogP contribution >= 0.6 is 0 Å². The van der Waals surface area contributed by atoms with Gasteiger partial charge in [-0.1, -0.05) is 34.1 Å². The van der Waals surface area contributed by atoms with Gasteiger partial charge in [0, 0.05) is 6.42 Å². The van der Waals surface area contributed by atoms with Crippen molar-refractivity contribution in [1.29, 1.82) is 0 Å². The molecule has 0 aromatic heterocycles. The molecule has 0 saturated carbocycles. The quantitative estimate of drug-likeness (QED) is 0.155. The lowest BCUT2D eigenvalue weighted by molar-refractivity contribution is -0.143. The van der Waals surface area contributed by atoms with Crippen LogP contribution < -0.4 is 27.4 Å². The van der Waals surface area contributed by atoms with Gasteiger partial charge in [-0.3, -0.25) is 19.2 Å². The standard InChI is InChI=1S/C19H35N5O7/c1-5-10(4)14(21)17(28)24-15(9(2)3)18(29)22-11(6-7-13(20)26)16(27)23-12(8-25)19(30)31/h9-12,14-15,25H,5-8,21H2,1-4H3,(H2,20,26)(H,22,29)(H,23,27)(H,24,28)(H,30,31). The molecule has 4 amide bonds. The first kappa shape index (κ1) is 28.3. The Balaban J connectivity index is 5.44. The Kier molecular flexibility index (Phi) is 12.4. The van der Waals surface area contributed by atoms with Crippen molar-refractivity contribution in [2.75, 3.05) is 6.61 Å². The maximum absolute atomic E-state index is 12.8. The van der Waals surface area contributed by atoms with Crippen molar-refractivity contribution in [1.82, 2.24) is 16.0 Å². The van der Waals surface area contributed by atoms with E-state index in [0.717, 1.165) is 0 Å². The van der Waals surface area contributed by atoms with Crippen LogP contribution in [0.3, 0.4) is 0 Å². The van der Waals surface area contributed by atoms with Gasteiger partial charge in [0.05, 0.1) is 12.6 Å². The minimum absolute atomic E-state index is 0.114. The van der Waals surface area contributed by atoms with Crippen LogP contribution in [0.4, 0.5) is 0 Å². The fourth-order valence-electron chi connectivity index (χ4n) is 2.57. The SMILES string of the molecule is CCC(C)C(N)C(=O)NC(C(=O)NC(CCC(N)=O)C(=O)NC(CO)C(=O)O)C(C)C. The summed E-state index contributed by atoms with van der Waals surface area (Å²) in [6.07, 6.45) is 0.209. The lowest BCUT2D eigenvalue weighted by Crippen LogP contribution is -2.59. The first-order chi connectivity index (χ1) is 14.3. The highest BCUT2D eigenvalue weighted by Gasteiger charge is 2.32. The summed E-state index contributed by atoms with van der Waals surface area (Å²) < 4.78 is 0. The van der Waals surface area contributed by atoms with Crippen LogP contribution in [0.2, 0.25) is 0 Å². The van der Waals surface area contributed by atoms with E-state index in [-0.39, 0.29) is 24.7 Å². The van der Waals surface area contributed by atoms with E-state index in [4.69, 9.17) is 21.7 Å². The number of rotatable bonds is 14. The lowest BCUT2D eigenvalue weighted by Gasteiger charge is -2.27. The molecule has 0 fully saturated rings. The van der Waals surface area contributed by atoms with E-state index in [1.807, 2.05) is 6.92 Å². The Hall–Kier alpha value is -2.73. The second-order valence-corrected chi connectivity index (χ2v) is 7.79. The number of primary amides is 1. The number of aliphatic hydroxyl groups is 1. The molecular weight excluding hydrogens is 410 g/mol. The van der Waals surface area contributed by atoms with Crippen LogP contribution in [0.5, 0.6) is 0 Å². The van der Waals surface area contributed by atoms with Crippen LogP contribution in [0.25, 0.3) is 0 Å². The molecule has 0 aromatic rings. The maximum atomic E-state index is 12.8. The first-order valence-corrected chi connectivity index (χ1v) is 10.1. The Morgan fingerprint density at radius 3 is 1.87 bits per heavy atom. The van der Waals surface area contributed by atoms with Crippen molar-refractivity contribution in [2.24, 2.45) is 23.3 Å². The molecule has 0 aromatic carbocycles. The predicted molar refractivity (Wildman–Crippen MR) is 111 cm³/mol. The molecule has 0 radical (unpaired) electrons. The van der Waals surface area contributed by atoms with E-state index in [1.54, 1.807) is 20.8 Å². The zero-order valence-corrected chi connectivity index (χ0v) is 18.4.